The van der Waals surface area contributed by atoms with Crippen LogP contribution in [0.25, 0.3) is 15.9 Å². The third-order valence-corrected chi connectivity index (χ3v) is 5.24. The third kappa shape index (κ3) is 2.83. The van der Waals surface area contributed by atoms with Crippen LogP contribution in [0.4, 0.5) is 0 Å². The summed E-state index contributed by atoms with van der Waals surface area (Å²) < 4.78 is 1.92. The predicted octanol–water partition coefficient (Wildman–Crippen LogP) is 3.16. The molecule has 0 aliphatic carbocycles. The Hall–Kier alpha value is -2.18. The van der Waals surface area contributed by atoms with Gasteiger partial charge < -0.3 is 10.0 Å². The molecule has 0 spiro atoms. The lowest BCUT2D eigenvalue weighted by Crippen LogP contribution is -2.32. The number of hydrogen-bond acceptors (Lipinski definition) is 4. The monoisotopic (exact) mass is 343 g/mol. The van der Waals surface area contributed by atoms with Gasteiger partial charge in [0.1, 0.15) is 4.83 Å². The molecule has 0 fully saturated rings. The van der Waals surface area contributed by atoms with Crippen LogP contribution in [0, 0.1) is 13.8 Å². The maximum atomic E-state index is 12.7. The Bertz CT molecular complexity index is 882. The number of para-hydroxylation sites is 1. The average Bonchev–Trinajstić information content (AvgIpc) is 3.13. The van der Waals surface area contributed by atoms with Crippen LogP contribution in [0.2, 0.25) is 0 Å². The van der Waals surface area contributed by atoms with Gasteiger partial charge in [-0.05, 0) is 38.5 Å². The van der Waals surface area contributed by atoms with Gasteiger partial charge in [-0.1, -0.05) is 18.2 Å². The Morgan fingerprint density at radius 1 is 1.33 bits per heavy atom. The Kier molecular flexibility index (Phi) is 4.69. The van der Waals surface area contributed by atoms with Crippen LogP contribution in [0.5, 0.6) is 0 Å². The van der Waals surface area contributed by atoms with Crippen LogP contribution in [0.3, 0.4) is 0 Å². The summed E-state index contributed by atoms with van der Waals surface area (Å²) in [6, 6.07) is 10.00. The van der Waals surface area contributed by atoms with Crippen molar-refractivity contribution in [3.05, 3.63) is 46.5 Å². The van der Waals surface area contributed by atoms with Gasteiger partial charge >= 0.3 is 0 Å². The van der Waals surface area contributed by atoms with Crippen LogP contribution in [-0.2, 0) is 0 Å². The fourth-order valence-electron chi connectivity index (χ4n) is 2.80. The van der Waals surface area contributed by atoms with Crippen molar-refractivity contribution in [1.29, 1.82) is 0 Å². The minimum Gasteiger partial charge on any atom is -0.395 e. The van der Waals surface area contributed by atoms with Crippen molar-refractivity contribution < 1.29 is 9.90 Å². The Balaban J connectivity index is 2.08. The lowest BCUT2D eigenvalue weighted by molar-refractivity contribution is 0.0737. The van der Waals surface area contributed by atoms with E-state index in [1.54, 1.807) is 4.90 Å². The van der Waals surface area contributed by atoms with Crippen molar-refractivity contribution in [2.45, 2.75) is 20.8 Å². The molecule has 0 aliphatic rings. The summed E-state index contributed by atoms with van der Waals surface area (Å²) in [6.45, 7) is 6.84. The summed E-state index contributed by atoms with van der Waals surface area (Å²) in [7, 11) is 0. The zero-order valence-corrected chi connectivity index (χ0v) is 14.9. The molecule has 3 aromatic rings. The molecule has 0 bridgehead atoms. The molecule has 1 amide bonds. The molecule has 24 heavy (non-hydrogen) atoms. The van der Waals surface area contributed by atoms with E-state index in [-0.39, 0.29) is 12.5 Å². The molecule has 6 heteroatoms. The molecule has 0 radical (unpaired) electrons. The molecule has 126 valence electrons. The smallest absolute Gasteiger partial charge is 0.264 e. The number of aliphatic hydroxyl groups is 1. The number of likely N-dealkylation sites (N-methyl/N-ethyl adjacent to an activating group) is 1. The SMILES string of the molecule is CCN(CCO)C(=O)c1cc2c(C)nn(-c3ccccc3C)c2s1. The molecule has 3 rings (SSSR count). The molecule has 0 unspecified atom stereocenters. The maximum absolute atomic E-state index is 12.7. The van der Waals surface area contributed by atoms with Crippen molar-refractivity contribution in [2.75, 3.05) is 19.7 Å². The van der Waals surface area contributed by atoms with Crippen molar-refractivity contribution in [3.63, 3.8) is 0 Å². The molecule has 2 aromatic heterocycles. The highest BCUT2D eigenvalue weighted by molar-refractivity contribution is 7.20. The van der Waals surface area contributed by atoms with Gasteiger partial charge in [-0.3, -0.25) is 4.79 Å². The van der Waals surface area contributed by atoms with Crippen molar-refractivity contribution >= 4 is 27.5 Å². The van der Waals surface area contributed by atoms with Crippen LogP contribution in [0.15, 0.2) is 30.3 Å². The molecular formula is C18H21N3O2S. The zero-order chi connectivity index (χ0) is 17.3. The first-order valence-electron chi connectivity index (χ1n) is 8.02. The first kappa shape index (κ1) is 16.7. The number of aromatic nitrogens is 2. The number of hydrogen-bond donors (Lipinski definition) is 1. The van der Waals surface area contributed by atoms with Gasteiger partial charge in [0.15, 0.2) is 0 Å². The van der Waals surface area contributed by atoms with Gasteiger partial charge in [0.05, 0.1) is 22.9 Å². The van der Waals surface area contributed by atoms with Gasteiger partial charge in [0, 0.05) is 18.5 Å². The van der Waals surface area contributed by atoms with E-state index in [1.807, 2.05) is 42.8 Å². The lowest BCUT2D eigenvalue weighted by atomic mass is 10.2. The van der Waals surface area contributed by atoms with Crippen molar-refractivity contribution in [2.24, 2.45) is 0 Å². The minimum atomic E-state index is -0.0384. The van der Waals surface area contributed by atoms with Crippen molar-refractivity contribution in [1.82, 2.24) is 14.7 Å². The van der Waals surface area contributed by atoms with E-state index >= 15 is 0 Å². The van der Waals surface area contributed by atoms with Crippen LogP contribution in [-0.4, -0.2) is 45.4 Å². The second-order valence-corrected chi connectivity index (χ2v) is 6.75. The summed E-state index contributed by atoms with van der Waals surface area (Å²) in [6.07, 6.45) is 0. The highest BCUT2D eigenvalue weighted by Crippen LogP contribution is 2.31. The summed E-state index contributed by atoms with van der Waals surface area (Å²) in [5.74, 6) is -0.0384. The largest absolute Gasteiger partial charge is 0.395 e. The summed E-state index contributed by atoms with van der Waals surface area (Å²) in [5, 5.41) is 14.8. The highest BCUT2D eigenvalue weighted by Gasteiger charge is 2.20. The maximum Gasteiger partial charge on any atom is 0.264 e. The number of rotatable bonds is 5. The van der Waals surface area contributed by atoms with Gasteiger partial charge in [0.25, 0.3) is 5.91 Å². The number of nitrogens with zero attached hydrogens (tertiary/aromatic N) is 3. The number of aliphatic hydroxyl groups excluding tert-OH is 1. The normalized spacial score (nSPS) is 11.2. The molecule has 1 N–H and O–H groups in total. The summed E-state index contributed by atoms with van der Waals surface area (Å²) in [5.41, 5.74) is 3.08. The van der Waals surface area contributed by atoms with E-state index in [0.29, 0.717) is 18.0 Å². The Morgan fingerprint density at radius 2 is 2.08 bits per heavy atom. The number of thiophene rings is 1. The van der Waals surface area contributed by atoms with Crippen LogP contribution < -0.4 is 0 Å². The zero-order valence-electron chi connectivity index (χ0n) is 14.1. The Labute approximate surface area is 145 Å². The number of aryl methyl sites for hydroxylation is 2. The average molecular weight is 343 g/mol. The number of carbonyl (C=O) groups excluding carboxylic acids is 1. The number of fused-ring (bicyclic) bond motifs is 1. The fourth-order valence-corrected chi connectivity index (χ4v) is 3.94. The first-order valence-corrected chi connectivity index (χ1v) is 8.83. The second-order valence-electron chi connectivity index (χ2n) is 5.72. The minimum absolute atomic E-state index is 0.0273. The van der Waals surface area contributed by atoms with Crippen LogP contribution >= 0.6 is 11.3 Å². The van der Waals surface area contributed by atoms with E-state index in [2.05, 4.69) is 18.1 Å². The van der Waals surface area contributed by atoms with Crippen molar-refractivity contribution in [3.8, 4) is 5.69 Å². The molecule has 2 heterocycles. The van der Waals surface area contributed by atoms with Gasteiger partial charge in [-0.25, -0.2) is 4.68 Å². The molecule has 1 aromatic carbocycles. The summed E-state index contributed by atoms with van der Waals surface area (Å²) in [4.78, 5) is 16.0. The fraction of sp³-hybridized carbons (Fsp3) is 0.333. The second kappa shape index (κ2) is 6.75. The number of benzene rings is 1. The third-order valence-electron chi connectivity index (χ3n) is 4.14. The van der Waals surface area contributed by atoms with Gasteiger partial charge in [-0.2, -0.15) is 5.10 Å². The highest BCUT2D eigenvalue weighted by atomic mass is 32.1. The van der Waals surface area contributed by atoms with Gasteiger partial charge in [0.2, 0.25) is 0 Å². The molecule has 5 nitrogen and oxygen atoms in total. The van der Waals surface area contributed by atoms with E-state index < -0.39 is 0 Å². The number of amides is 1. The standard InChI is InChI=1S/C18H21N3O2S/c1-4-20(9-10-22)17(23)16-11-14-13(3)19-21(18(14)24-16)15-8-6-5-7-12(15)2/h5-8,11,22H,4,9-10H2,1-3H3. The van der Waals surface area contributed by atoms with Crippen LogP contribution in [0.1, 0.15) is 27.9 Å². The molecule has 0 atom stereocenters. The number of carbonyl (C=O) groups is 1. The topological polar surface area (TPSA) is 58.4 Å². The predicted molar refractivity (Wildman–Crippen MR) is 97.1 cm³/mol. The summed E-state index contributed by atoms with van der Waals surface area (Å²) >= 11 is 1.45. The molecule has 0 aliphatic heterocycles. The van der Waals surface area contributed by atoms with E-state index in [0.717, 1.165) is 27.2 Å². The Morgan fingerprint density at radius 3 is 2.75 bits per heavy atom. The quantitative estimate of drug-likeness (QED) is 0.774. The molecule has 0 saturated heterocycles. The van der Waals surface area contributed by atoms with E-state index in [1.165, 1.54) is 11.3 Å². The van der Waals surface area contributed by atoms with E-state index in [9.17, 15) is 4.79 Å². The molecule has 0 saturated carbocycles. The van der Waals surface area contributed by atoms with E-state index in [4.69, 9.17) is 5.11 Å². The molecular weight excluding hydrogens is 322 g/mol. The first-order chi connectivity index (χ1) is 11.6. The lowest BCUT2D eigenvalue weighted by Gasteiger charge is -2.18. The van der Waals surface area contributed by atoms with Gasteiger partial charge in [-0.15, -0.1) is 11.3 Å².